The molecule has 2 heterocycles. The van der Waals surface area contributed by atoms with E-state index in [4.69, 9.17) is 0 Å². The van der Waals surface area contributed by atoms with Crippen LogP contribution in [0.4, 0.5) is 10.5 Å². The lowest BCUT2D eigenvalue weighted by Gasteiger charge is -2.41. The molecule has 2 fully saturated rings. The molecule has 1 aromatic rings. The normalized spacial score (nSPS) is 20.1. The molecule has 25 heavy (non-hydrogen) atoms. The summed E-state index contributed by atoms with van der Waals surface area (Å²) >= 11 is 0. The highest BCUT2D eigenvalue weighted by Crippen LogP contribution is 2.32. The maximum atomic E-state index is 12.7. The summed E-state index contributed by atoms with van der Waals surface area (Å²) in [4.78, 5) is 18.9. The number of benzene rings is 1. The molecule has 2 saturated heterocycles. The largest absolute Gasteiger partial charge is 0.393 e. The number of likely N-dealkylation sites (tertiary alicyclic amines) is 1. The summed E-state index contributed by atoms with van der Waals surface area (Å²) in [6.07, 6.45) is 1.16. The van der Waals surface area contributed by atoms with E-state index in [-0.39, 0.29) is 17.6 Å². The van der Waals surface area contributed by atoms with Crippen molar-refractivity contribution in [2.45, 2.75) is 45.1 Å². The van der Waals surface area contributed by atoms with E-state index < -0.39 is 0 Å². The zero-order chi connectivity index (χ0) is 18.0. The predicted molar refractivity (Wildman–Crippen MR) is 101 cm³/mol. The Morgan fingerprint density at radius 2 is 1.52 bits per heavy atom. The molecule has 5 heteroatoms. The molecule has 0 atom stereocenters. The number of para-hydroxylation sites is 1. The molecule has 0 bridgehead atoms. The summed E-state index contributed by atoms with van der Waals surface area (Å²) in [5, 5.41) is 9.61. The summed E-state index contributed by atoms with van der Waals surface area (Å²) < 4.78 is 0. The third kappa shape index (κ3) is 4.09. The lowest BCUT2D eigenvalue weighted by atomic mass is 9.85. The number of carbonyl (C=O) groups excluding carboxylic acids is 1. The second-order valence-corrected chi connectivity index (χ2v) is 8.24. The summed E-state index contributed by atoms with van der Waals surface area (Å²) in [5.41, 5.74) is 2.76. The first-order chi connectivity index (χ1) is 11.9. The molecule has 0 unspecified atom stereocenters. The minimum atomic E-state index is -0.241. The van der Waals surface area contributed by atoms with Gasteiger partial charge in [0.15, 0.2) is 0 Å². The van der Waals surface area contributed by atoms with E-state index in [9.17, 15) is 9.90 Å². The molecule has 2 aliphatic rings. The van der Waals surface area contributed by atoms with Crippen LogP contribution in [0.2, 0.25) is 0 Å². The van der Waals surface area contributed by atoms with E-state index in [2.05, 4.69) is 49.9 Å². The second-order valence-electron chi connectivity index (χ2n) is 8.24. The van der Waals surface area contributed by atoms with Crippen molar-refractivity contribution in [3.8, 4) is 0 Å². The van der Waals surface area contributed by atoms with Gasteiger partial charge in [-0.1, -0.05) is 39.0 Å². The average molecular weight is 345 g/mol. The average Bonchev–Trinajstić information content (AvgIpc) is 2.61. The first-order valence-electron chi connectivity index (χ1n) is 9.42. The minimum Gasteiger partial charge on any atom is -0.393 e. The van der Waals surface area contributed by atoms with Gasteiger partial charge in [0.25, 0.3) is 0 Å². The van der Waals surface area contributed by atoms with Crippen molar-refractivity contribution in [1.82, 2.24) is 9.80 Å². The molecule has 1 N–H and O–H groups in total. The highest BCUT2D eigenvalue weighted by atomic mass is 16.3. The Bertz CT molecular complexity index is 595. The molecule has 0 radical (unpaired) electrons. The van der Waals surface area contributed by atoms with Crippen molar-refractivity contribution in [3.63, 3.8) is 0 Å². The van der Waals surface area contributed by atoms with Gasteiger partial charge in [-0.05, 0) is 29.9 Å². The van der Waals surface area contributed by atoms with Crippen LogP contribution >= 0.6 is 0 Å². The molecule has 138 valence electrons. The number of piperazine rings is 1. The van der Waals surface area contributed by atoms with Crippen molar-refractivity contribution < 1.29 is 9.90 Å². The van der Waals surface area contributed by atoms with Crippen molar-refractivity contribution in [3.05, 3.63) is 29.8 Å². The number of aliphatic hydroxyl groups excluding tert-OH is 1. The van der Waals surface area contributed by atoms with Gasteiger partial charge >= 0.3 is 6.03 Å². The van der Waals surface area contributed by atoms with Crippen LogP contribution in [-0.4, -0.2) is 66.3 Å². The molecule has 0 aliphatic carbocycles. The van der Waals surface area contributed by atoms with Crippen LogP contribution in [0.1, 0.15) is 39.2 Å². The quantitative estimate of drug-likeness (QED) is 0.851. The summed E-state index contributed by atoms with van der Waals surface area (Å²) in [6.45, 7) is 11.3. The zero-order valence-corrected chi connectivity index (χ0v) is 15.7. The van der Waals surface area contributed by atoms with Crippen molar-refractivity contribution in [1.29, 1.82) is 0 Å². The van der Waals surface area contributed by atoms with Gasteiger partial charge in [-0.15, -0.1) is 0 Å². The third-order valence-electron chi connectivity index (χ3n) is 5.34. The van der Waals surface area contributed by atoms with E-state index in [1.165, 1.54) is 11.3 Å². The number of piperidine rings is 1. The molecule has 0 saturated carbocycles. The Morgan fingerprint density at radius 1 is 0.960 bits per heavy atom. The number of hydrogen-bond acceptors (Lipinski definition) is 3. The Labute approximate surface area is 151 Å². The number of nitrogens with zero attached hydrogens (tertiary/aromatic N) is 3. The van der Waals surface area contributed by atoms with Crippen molar-refractivity contribution >= 4 is 11.7 Å². The maximum Gasteiger partial charge on any atom is 0.320 e. The monoisotopic (exact) mass is 345 g/mol. The molecular weight excluding hydrogens is 314 g/mol. The smallest absolute Gasteiger partial charge is 0.320 e. The topological polar surface area (TPSA) is 47.0 Å². The van der Waals surface area contributed by atoms with Crippen LogP contribution in [-0.2, 0) is 5.41 Å². The highest BCUT2D eigenvalue weighted by molar-refractivity contribution is 5.75. The van der Waals surface area contributed by atoms with Crippen LogP contribution < -0.4 is 4.90 Å². The van der Waals surface area contributed by atoms with Crippen LogP contribution in [0, 0.1) is 0 Å². The first kappa shape index (κ1) is 18.1. The fourth-order valence-electron chi connectivity index (χ4n) is 3.78. The Hall–Kier alpha value is -1.75. The van der Waals surface area contributed by atoms with Crippen LogP contribution in [0.5, 0.6) is 0 Å². The molecule has 5 nitrogen and oxygen atoms in total. The molecule has 2 amide bonds. The lowest BCUT2D eigenvalue weighted by Crippen LogP contribution is -2.54. The number of anilines is 1. The number of rotatable bonds is 1. The molecule has 1 aromatic carbocycles. The van der Waals surface area contributed by atoms with Crippen LogP contribution in [0.25, 0.3) is 0 Å². The predicted octanol–water partition coefficient (Wildman–Crippen LogP) is 2.68. The molecule has 3 rings (SSSR count). The Morgan fingerprint density at radius 3 is 2.12 bits per heavy atom. The first-order valence-corrected chi connectivity index (χ1v) is 9.42. The molecule has 0 spiro atoms. The van der Waals surface area contributed by atoms with E-state index in [1.54, 1.807) is 0 Å². The van der Waals surface area contributed by atoms with Gasteiger partial charge in [0.1, 0.15) is 0 Å². The summed E-state index contributed by atoms with van der Waals surface area (Å²) in [5.74, 6) is 0. The minimum absolute atomic E-state index is 0.109. The zero-order valence-electron chi connectivity index (χ0n) is 15.7. The second kappa shape index (κ2) is 7.24. The Kier molecular flexibility index (Phi) is 5.23. The number of hydrogen-bond donors (Lipinski definition) is 1. The maximum absolute atomic E-state index is 12.7. The standard InChI is InChI=1S/C20H31N3O2/c1-20(2,3)17-6-4-5-7-18(17)21-12-14-23(15-13-21)19(25)22-10-8-16(24)9-11-22/h4-7,16,24H,8-15H2,1-3H3. The van der Waals surface area contributed by atoms with Gasteiger partial charge in [-0.2, -0.15) is 0 Å². The summed E-state index contributed by atoms with van der Waals surface area (Å²) in [7, 11) is 0. The lowest BCUT2D eigenvalue weighted by molar-refractivity contribution is 0.0805. The fraction of sp³-hybridized carbons (Fsp3) is 0.650. The van der Waals surface area contributed by atoms with Gasteiger partial charge < -0.3 is 19.8 Å². The van der Waals surface area contributed by atoms with Gasteiger partial charge in [0, 0.05) is 45.0 Å². The molecule has 2 aliphatic heterocycles. The van der Waals surface area contributed by atoms with Gasteiger partial charge in [-0.3, -0.25) is 0 Å². The van der Waals surface area contributed by atoms with E-state index in [0.29, 0.717) is 25.9 Å². The van der Waals surface area contributed by atoms with Gasteiger partial charge in [-0.25, -0.2) is 4.79 Å². The molecular formula is C20H31N3O2. The Balaban J connectivity index is 1.62. The van der Waals surface area contributed by atoms with Crippen molar-refractivity contribution in [2.75, 3.05) is 44.2 Å². The highest BCUT2D eigenvalue weighted by Gasteiger charge is 2.29. The molecule has 0 aromatic heterocycles. The van der Waals surface area contributed by atoms with Crippen LogP contribution in [0.15, 0.2) is 24.3 Å². The SMILES string of the molecule is CC(C)(C)c1ccccc1N1CCN(C(=O)N2CCC(O)CC2)CC1. The number of amides is 2. The van der Waals surface area contributed by atoms with E-state index in [0.717, 1.165) is 26.2 Å². The van der Waals surface area contributed by atoms with Crippen LogP contribution in [0.3, 0.4) is 0 Å². The van der Waals surface area contributed by atoms with Gasteiger partial charge in [0.05, 0.1) is 6.10 Å². The van der Waals surface area contributed by atoms with E-state index in [1.807, 2.05) is 9.80 Å². The van der Waals surface area contributed by atoms with E-state index >= 15 is 0 Å². The van der Waals surface area contributed by atoms with Crippen molar-refractivity contribution in [2.24, 2.45) is 0 Å². The third-order valence-corrected chi connectivity index (χ3v) is 5.34. The number of carbonyl (C=O) groups is 1. The number of urea groups is 1. The number of aliphatic hydroxyl groups is 1. The summed E-state index contributed by atoms with van der Waals surface area (Å²) in [6, 6.07) is 8.75. The van der Waals surface area contributed by atoms with Gasteiger partial charge in [0.2, 0.25) is 0 Å². The fourth-order valence-corrected chi connectivity index (χ4v) is 3.78.